The van der Waals surface area contributed by atoms with E-state index in [1.807, 2.05) is 31.1 Å². The van der Waals surface area contributed by atoms with Gasteiger partial charge in [0.05, 0.1) is 0 Å². The Hall–Kier alpha value is -0.543. The summed E-state index contributed by atoms with van der Waals surface area (Å²) in [7, 11) is 2.63. The van der Waals surface area contributed by atoms with Gasteiger partial charge in [0.2, 0.25) is 0 Å². The molecule has 0 aromatic carbocycles. The second-order valence-electron chi connectivity index (χ2n) is 5.82. The number of nitrogens with zero attached hydrogens (tertiary/aromatic N) is 2. The molecule has 0 N–H and O–H groups in total. The minimum absolute atomic E-state index is 0.342. The maximum Gasteiger partial charge on any atom is 0.155 e. The molecule has 0 aliphatic carbocycles. The average Bonchev–Trinajstić information content (AvgIpc) is 2.17. The predicted molar refractivity (Wildman–Crippen MR) is 81.6 cm³/mol. The fraction of sp³-hybridized carbons (Fsp3) is 0.615. The molecule has 0 saturated heterocycles. The summed E-state index contributed by atoms with van der Waals surface area (Å²) in [6.45, 7) is 11.0. The normalized spacial score (nSPS) is 11.5. The SMILES string of the molecule is CC(C)(C)[Si](C)(C)Cl.CN(C)c1ccncc1. The Bertz CT molecular complexity index is 300. The Labute approximate surface area is 112 Å². The van der Waals surface area contributed by atoms with Crippen molar-refractivity contribution in [3.63, 3.8) is 0 Å². The van der Waals surface area contributed by atoms with Crippen molar-refractivity contribution in [3.8, 4) is 0 Å². The largest absolute Gasteiger partial charge is 0.378 e. The zero-order valence-electron chi connectivity index (χ0n) is 12.1. The predicted octanol–water partition coefficient (Wildman–Crippen LogP) is 4.38. The van der Waals surface area contributed by atoms with Crippen LogP contribution in [-0.2, 0) is 0 Å². The van der Waals surface area contributed by atoms with Crippen LogP contribution in [0.15, 0.2) is 24.5 Å². The molecule has 1 rings (SSSR count). The van der Waals surface area contributed by atoms with Gasteiger partial charge >= 0.3 is 0 Å². The van der Waals surface area contributed by atoms with Crippen LogP contribution in [0.5, 0.6) is 0 Å². The van der Waals surface area contributed by atoms with E-state index in [4.69, 9.17) is 11.1 Å². The lowest BCUT2D eigenvalue weighted by molar-refractivity contribution is 0.735. The van der Waals surface area contributed by atoms with Crippen LogP contribution in [0.3, 0.4) is 0 Å². The molecular weight excluding hydrogens is 248 g/mol. The summed E-state index contributed by atoms with van der Waals surface area (Å²) < 4.78 is 0. The Morgan fingerprint density at radius 1 is 1.12 bits per heavy atom. The van der Waals surface area contributed by atoms with Gasteiger partial charge in [0.25, 0.3) is 0 Å². The fourth-order valence-corrected chi connectivity index (χ4v) is 0.642. The lowest BCUT2D eigenvalue weighted by atomic mass is 10.2. The highest BCUT2D eigenvalue weighted by atomic mass is 35.6. The van der Waals surface area contributed by atoms with Crippen molar-refractivity contribution in [1.29, 1.82) is 0 Å². The smallest absolute Gasteiger partial charge is 0.155 e. The minimum Gasteiger partial charge on any atom is -0.378 e. The maximum atomic E-state index is 6.15. The highest BCUT2D eigenvalue weighted by Gasteiger charge is 2.32. The first kappa shape index (κ1) is 16.5. The molecule has 0 amide bonds. The van der Waals surface area contributed by atoms with Gasteiger partial charge in [-0.3, -0.25) is 4.98 Å². The van der Waals surface area contributed by atoms with Crippen molar-refractivity contribution in [2.45, 2.75) is 38.9 Å². The van der Waals surface area contributed by atoms with E-state index in [2.05, 4.69) is 38.8 Å². The number of halogens is 1. The molecule has 0 atom stereocenters. The van der Waals surface area contributed by atoms with Gasteiger partial charge < -0.3 is 4.90 Å². The maximum absolute atomic E-state index is 6.15. The Kier molecular flexibility index (Phi) is 6.20. The number of aromatic nitrogens is 1. The van der Waals surface area contributed by atoms with Crippen molar-refractivity contribution < 1.29 is 0 Å². The van der Waals surface area contributed by atoms with E-state index in [9.17, 15) is 0 Å². The number of pyridine rings is 1. The third kappa shape index (κ3) is 6.69. The molecule has 1 heterocycles. The number of rotatable bonds is 1. The molecule has 0 aliphatic rings. The van der Waals surface area contributed by atoms with Gasteiger partial charge in [0.1, 0.15) is 0 Å². The van der Waals surface area contributed by atoms with Gasteiger partial charge in [-0.05, 0) is 17.2 Å². The van der Waals surface area contributed by atoms with Crippen LogP contribution in [0.2, 0.25) is 18.1 Å². The summed E-state index contributed by atoms with van der Waals surface area (Å²) >= 11 is 6.15. The van der Waals surface area contributed by atoms with Crippen LogP contribution in [0.1, 0.15) is 20.8 Å². The molecule has 98 valence electrons. The summed E-state index contributed by atoms with van der Waals surface area (Å²) in [5.74, 6) is 0. The van der Waals surface area contributed by atoms with Crippen LogP contribution in [-0.4, -0.2) is 26.5 Å². The van der Waals surface area contributed by atoms with Crippen LogP contribution in [0, 0.1) is 0 Å². The summed E-state index contributed by atoms with van der Waals surface area (Å²) in [4.78, 5) is 5.94. The van der Waals surface area contributed by atoms with E-state index in [-0.39, 0.29) is 0 Å². The molecule has 1 aromatic rings. The molecule has 0 saturated carbocycles. The van der Waals surface area contributed by atoms with E-state index in [1.165, 1.54) is 5.69 Å². The van der Waals surface area contributed by atoms with E-state index >= 15 is 0 Å². The van der Waals surface area contributed by atoms with Crippen molar-refractivity contribution in [2.24, 2.45) is 0 Å². The molecule has 0 radical (unpaired) electrons. The summed E-state index contributed by atoms with van der Waals surface area (Å²) in [5, 5.41) is 0.342. The topological polar surface area (TPSA) is 16.1 Å². The van der Waals surface area contributed by atoms with Gasteiger partial charge in [0, 0.05) is 32.2 Å². The minimum atomic E-state index is -1.39. The third-order valence-corrected chi connectivity index (χ3v) is 8.23. The molecule has 0 spiro atoms. The first-order valence-electron chi connectivity index (χ1n) is 5.82. The Morgan fingerprint density at radius 2 is 1.47 bits per heavy atom. The van der Waals surface area contributed by atoms with E-state index in [1.54, 1.807) is 12.4 Å². The lowest BCUT2D eigenvalue weighted by Gasteiger charge is -2.29. The fourth-order valence-electron chi connectivity index (χ4n) is 0.642. The van der Waals surface area contributed by atoms with E-state index in [0.717, 1.165) is 0 Å². The van der Waals surface area contributed by atoms with Crippen LogP contribution in [0.4, 0.5) is 5.69 Å². The lowest BCUT2D eigenvalue weighted by Crippen LogP contribution is -2.29. The number of hydrogen-bond acceptors (Lipinski definition) is 2. The zero-order chi connectivity index (χ0) is 13.7. The first-order valence-corrected chi connectivity index (χ1v) is 9.83. The van der Waals surface area contributed by atoms with Crippen LogP contribution >= 0.6 is 11.1 Å². The summed E-state index contributed by atoms with van der Waals surface area (Å²) in [5.41, 5.74) is 1.19. The molecule has 4 heteroatoms. The molecule has 0 aliphatic heterocycles. The molecule has 0 unspecified atom stereocenters. The Morgan fingerprint density at radius 3 is 1.65 bits per heavy atom. The highest BCUT2D eigenvalue weighted by molar-refractivity contribution is 7.20. The number of hydrogen-bond donors (Lipinski definition) is 0. The number of anilines is 1. The van der Waals surface area contributed by atoms with Crippen LogP contribution in [0.25, 0.3) is 0 Å². The van der Waals surface area contributed by atoms with E-state index < -0.39 is 7.38 Å². The summed E-state index contributed by atoms with van der Waals surface area (Å²) in [6.07, 6.45) is 3.57. The zero-order valence-corrected chi connectivity index (χ0v) is 13.8. The van der Waals surface area contributed by atoms with Gasteiger partial charge in [-0.15, -0.1) is 0 Å². The second kappa shape index (κ2) is 6.41. The molecule has 0 fully saturated rings. The van der Waals surface area contributed by atoms with Gasteiger partial charge in [0.15, 0.2) is 7.38 Å². The highest BCUT2D eigenvalue weighted by Crippen LogP contribution is 2.38. The third-order valence-electron chi connectivity index (χ3n) is 2.96. The van der Waals surface area contributed by atoms with Crippen molar-refractivity contribution in [1.82, 2.24) is 4.98 Å². The quantitative estimate of drug-likeness (QED) is 0.557. The standard InChI is InChI=1S/C7H10N2.C6H15ClSi/c1-9(2)7-3-5-8-6-4-7;1-6(2,3)8(4,5)7/h3-6H,1-2H3;1-5H3. The van der Waals surface area contributed by atoms with Gasteiger partial charge in [-0.25, -0.2) is 0 Å². The van der Waals surface area contributed by atoms with Crippen molar-refractivity contribution in [2.75, 3.05) is 19.0 Å². The monoisotopic (exact) mass is 272 g/mol. The first-order chi connectivity index (χ1) is 7.55. The van der Waals surface area contributed by atoms with E-state index in [0.29, 0.717) is 5.04 Å². The molecule has 1 aromatic heterocycles. The van der Waals surface area contributed by atoms with Crippen LogP contribution < -0.4 is 4.90 Å². The molecule has 2 nitrogen and oxygen atoms in total. The van der Waals surface area contributed by atoms with Crippen molar-refractivity contribution >= 4 is 24.2 Å². The van der Waals surface area contributed by atoms with Gasteiger partial charge in [-0.1, -0.05) is 33.9 Å². The Balaban J connectivity index is 0.000000304. The van der Waals surface area contributed by atoms with Crippen molar-refractivity contribution in [3.05, 3.63) is 24.5 Å². The molecule has 17 heavy (non-hydrogen) atoms. The molecular formula is C13H25ClN2Si. The van der Waals surface area contributed by atoms with Gasteiger partial charge in [-0.2, -0.15) is 11.1 Å². The second-order valence-corrected chi connectivity index (χ2v) is 13.1. The average molecular weight is 273 g/mol. The summed E-state index contributed by atoms with van der Waals surface area (Å²) in [6, 6.07) is 3.94. The molecule has 0 bridgehead atoms.